The van der Waals surface area contributed by atoms with E-state index in [0.717, 1.165) is 11.1 Å². The molecule has 1 N–H and O–H groups in total. The van der Waals surface area contributed by atoms with Crippen LogP contribution in [-0.4, -0.2) is 5.11 Å². The molecule has 0 unspecified atom stereocenters. The average Bonchev–Trinajstić information content (AvgIpc) is 2.41. The molecule has 0 aliphatic heterocycles. The first-order chi connectivity index (χ1) is 8.66. The zero-order valence-corrected chi connectivity index (χ0v) is 10.6. The van der Waals surface area contributed by atoms with Crippen molar-refractivity contribution in [1.29, 1.82) is 0 Å². The standard InChI is InChI=1S/C17H18O/c1-3-16(14-10-6-4-7-11-14)17(2,18)15-12-8-5-9-13-15/h3-13,16,18H,1H2,2H3/t16-,17-/m1/s1. The second-order valence-corrected chi connectivity index (χ2v) is 4.64. The number of hydrogen-bond donors (Lipinski definition) is 1. The molecule has 1 heteroatoms. The van der Waals surface area contributed by atoms with Crippen molar-refractivity contribution in [2.45, 2.75) is 18.4 Å². The van der Waals surface area contributed by atoms with Crippen LogP contribution in [-0.2, 0) is 5.60 Å². The van der Waals surface area contributed by atoms with Crippen molar-refractivity contribution in [3.8, 4) is 0 Å². The minimum absolute atomic E-state index is 0.124. The van der Waals surface area contributed by atoms with Crippen LogP contribution in [0.2, 0.25) is 0 Å². The molecule has 0 fully saturated rings. The van der Waals surface area contributed by atoms with Crippen LogP contribution in [0, 0.1) is 0 Å². The van der Waals surface area contributed by atoms with Gasteiger partial charge in [-0.3, -0.25) is 0 Å². The van der Waals surface area contributed by atoms with Crippen molar-refractivity contribution in [2.75, 3.05) is 0 Å². The van der Waals surface area contributed by atoms with Crippen LogP contribution >= 0.6 is 0 Å². The highest BCUT2D eigenvalue weighted by molar-refractivity contribution is 5.33. The fraction of sp³-hybridized carbons (Fsp3) is 0.176. The second-order valence-electron chi connectivity index (χ2n) is 4.64. The normalized spacial score (nSPS) is 15.7. The largest absolute Gasteiger partial charge is 0.384 e. The van der Waals surface area contributed by atoms with Gasteiger partial charge in [-0.2, -0.15) is 0 Å². The van der Waals surface area contributed by atoms with E-state index in [2.05, 4.69) is 6.58 Å². The Morgan fingerprint density at radius 1 is 1.00 bits per heavy atom. The quantitative estimate of drug-likeness (QED) is 0.802. The highest BCUT2D eigenvalue weighted by Crippen LogP contribution is 2.37. The molecule has 0 aliphatic rings. The first-order valence-corrected chi connectivity index (χ1v) is 6.11. The van der Waals surface area contributed by atoms with Gasteiger partial charge in [0.05, 0.1) is 5.60 Å². The summed E-state index contributed by atoms with van der Waals surface area (Å²) in [6.07, 6.45) is 1.81. The molecule has 2 aromatic rings. The van der Waals surface area contributed by atoms with Crippen molar-refractivity contribution in [3.05, 3.63) is 84.4 Å². The fourth-order valence-electron chi connectivity index (χ4n) is 2.31. The summed E-state index contributed by atoms with van der Waals surface area (Å²) in [5, 5.41) is 10.8. The Morgan fingerprint density at radius 2 is 1.50 bits per heavy atom. The van der Waals surface area contributed by atoms with E-state index in [-0.39, 0.29) is 5.92 Å². The summed E-state index contributed by atoms with van der Waals surface area (Å²) >= 11 is 0. The van der Waals surface area contributed by atoms with Crippen LogP contribution in [0.5, 0.6) is 0 Å². The molecule has 2 rings (SSSR count). The van der Waals surface area contributed by atoms with Gasteiger partial charge in [0, 0.05) is 5.92 Å². The van der Waals surface area contributed by atoms with Crippen molar-refractivity contribution < 1.29 is 5.11 Å². The molecule has 0 heterocycles. The Hall–Kier alpha value is -1.86. The van der Waals surface area contributed by atoms with Gasteiger partial charge in [0.25, 0.3) is 0 Å². The van der Waals surface area contributed by atoms with Gasteiger partial charge in [0.15, 0.2) is 0 Å². The molecular weight excluding hydrogens is 220 g/mol. The van der Waals surface area contributed by atoms with Crippen LogP contribution in [0.3, 0.4) is 0 Å². The van der Waals surface area contributed by atoms with Gasteiger partial charge in [-0.05, 0) is 18.1 Å². The average molecular weight is 238 g/mol. The summed E-state index contributed by atoms with van der Waals surface area (Å²) in [7, 11) is 0. The SMILES string of the molecule is C=C[C@H](c1ccccc1)[C@](C)(O)c1ccccc1. The predicted molar refractivity (Wildman–Crippen MR) is 75.4 cm³/mol. The lowest BCUT2D eigenvalue weighted by atomic mass is 9.79. The molecule has 0 amide bonds. The van der Waals surface area contributed by atoms with Crippen molar-refractivity contribution in [1.82, 2.24) is 0 Å². The maximum absolute atomic E-state index is 10.8. The zero-order chi connectivity index (χ0) is 13.0. The number of rotatable bonds is 4. The molecule has 0 bridgehead atoms. The van der Waals surface area contributed by atoms with E-state index in [1.807, 2.05) is 73.7 Å². The van der Waals surface area contributed by atoms with Gasteiger partial charge < -0.3 is 5.11 Å². The van der Waals surface area contributed by atoms with E-state index in [1.165, 1.54) is 0 Å². The molecule has 0 saturated carbocycles. The van der Waals surface area contributed by atoms with Crippen molar-refractivity contribution in [3.63, 3.8) is 0 Å². The second kappa shape index (κ2) is 5.19. The lowest BCUT2D eigenvalue weighted by molar-refractivity contribution is 0.0417. The van der Waals surface area contributed by atoms with Crippen LogP contribution in [0.1, 0.15) is 24.0 Å². The van der Waals surface area contributed by atoms with Crippen LogP contribution in [0.25, 0.3) is 0 Å². The molecule has 0 saturated heterocycles. The Labute approximate surface area is 108 Å². The highest BCUT2D eigenvalue weighted by Gasteiger charge is 2.32. The first-order valence-electron chi connectivity index (χ1n) is 6.11. The summed E-state index contributed by atoms with van der Waals surface area (Å²) in [6, 6.07) is 19.7. The Morgan fingerprint density at radius 3 is 2.00 bits per heavy atom. The lowest BCUT2D eigenvalue weighted by Gasteiger charge is -2.31. The van der Waals surface area contributed by atoms with E-state index in [0.29, 0.717) is 0 Å². The van der Waals surface area contributed by atoms with Gasteiger partial charge in [-0.15, -0.1) is 6.58 Å². The fourth-order valence-corrected chi connectivity index (χ4v) is 2.31. The summed E-state index contributed by atoms with van der Waals surface area (Å²) < 4.78 is 0. The highest BCUT2D eigenvalue weighted by atomic mass is 16.3. The minimum Gasteiger partial charge on any atom is -0.384 e. The lowest BCUT2D eigenvalue weighted by Crippen LogP contribution is -2.28. The van der Waals surface area contributed by atoms with Gasteiger partial charge in [-0.1, -0.05) is 66.7 Å². The molecule has 0 aromatic heterocycles. The maximum Gasteiger partial charge on any atom is 0.0971 e. The summed E-state index contributed by atoms with van der Waals surface area (Å²) in [4.78, 5) is 0. The zero-order valence-electron chi connectivity index (χ0n) is 10.6. The maximum atomic E-state index is 10.8. The first kappa shape index (κ1) is 12.6. The van der Waals surface area contributed by atoms with Crippen LogP contribution in [0.15, 0.2) is 73.3 Å². The Balaban J connectivity index is 2.42. The number of hydrogen-bond acceptors (Lipinski definition) is 1. The third kappa shape index (κ3) is 2.36. The molecular formula is C17H18O. The Kier molecular flexibility index (Phi) is 3.63. The molecule has 0 aliphatic carbocycles. The van der Waals surface area contributed by atoms with Crippen LogP contribution in [0.4, 0.5) is 0 Å². The molecule has 0 radical (unpaired) electrons. The summed E-state index contributed by atoms with van der Waals surface area (Å²) in [5.74, 6) is -0.124. The monoisotopic (exact) mass is 238 g/mol. The van der Waals surface area contributed by atoms with Crippen molar-refractivity contribution >= 4 is 0 Å². The third-order valence-electron chi connectivity index (χ3n) is 3.36. The summed E-state index contributed by atoms with van der Waals surface area (Å²) in [5.41, 5.74) is 1.02. The van der Waals surface area contributed by atoms with Crippen LogP contribution < -0.4 is 0 Å². The molecule has 2 aromatic carbocycles. The van der Waals surface area contributed by atoms with E-state index in [4.69, 9.17) is 0 Å². The Bertz CT molecular complexity index is 500. The smallest absolute Gasteiger partial charge is 0.0971 e. The topological polar surface area (TPSA) is 20.2 Å². The predicted octanol–water partition coefficient (Wildman–Crippen LogP) is 3.86. The van der Waals surface area contributed by atoms with E-state index in [1.54, 1.807) is 0 Å². The van der Waals surface area contributed by atoms with Gasteiger partial charge in [0.1, 0.15) is 0 Å². The third-order valence-corrected chi connectivity index (χ3v) is 3.36. The molecule has 1 nitrogen and oxygen atoms in total. The summed E-state index contributed by atoms with van der Waals surface area (Å²) in [6.45, 7) is 5.70. The number of benzene rings is 2. The van der Waals surface area contributed by atoms with E-state index in [9.17, 15) is 5.11 Å². The van der Waals surface area contributed by atoms with Gasteiger partial charge in [0.2, 0.25) is 0 Å². The van der Waals surface area contributed by atoms with E-state index >= 15 is 0 Å². The number of aliphatic hydroxyl groups is 1. The van der Waals surface area contributed by atoms with Gasteiger partial charge in [-0.25, -0.2) is 0 Å². The minimum atomic E-state index is -0.954. The molecule has 2 atom stereocenters. The molecule has 18 heavy (non-hydrogen) atoms. The molecule has 92 valence electrons. The van der Waals surface area contributed by atoms with Gasteiger partial charge >= 0.3 is 0 Å². The van der Waals surface area contributed by atoms with E-state index < -0.39 is 5.60 Å². The molecule has 0 spiro atoms. The van der Waals surface area contributed by atoms with Crippen molar-refractivity contribution in [2.24, 2.45) is 0 Å².